The highest BCUT2D eigenvalue weighted by atomic mass is 35.5. The second-order valence-electron chi connectivity index (χ2n) is 4.14. The molecule has 6 heteroatoms. The van der Waals surface area contributed by atoms with Crippen LogP contribution >= 0.6 is 12.4 Å². The van der Waals surface area contributed by atoms with Gasteiger partial charge in [0.1, 0.15) is 6.61 Å². The highest BCUT2D eigenvalue weighted by Gasteiger charge is 2.21. The number of ether oxygens (including phenoxy) is 1. The number of anilines is 1. The Labute approximate surface area is 121 Å². The van der Waals surface area contributed by atoms with Gasteiger partial charge in [-0.05, 0) is 24.3 Å². The molecule has 0 saturated heterocycles. The Balaban J connectivity index is 0.00000147. The number of hydrogen-bond donors (Lipinski definition) is 1. The van der Waals surface area contributed by atoms with Crippen molar-refractivity contribution in [2.75, 3.05) is 5.32 Å². The maximum atomic E-state index is 11.9. The molecule has 102 valence electrons. The number of benzene rings is 1. The molecule has 0 radical (unpaired) electrons. The number of pyridine rings is 1. The average Bonchev–Trinajstić information content (AvgIpc) is 2.81. The Morgan fingerprint density at radius 2 is 1.95 bits per heavy atom. The van der Waals surface area contributed by atoms with Gasteiger partial charge in [0.25, 0.3) is 5.91 Å². The first-order valence-corrected chi connectivity index (χ1v) is 5.75. The number of amides is 1. The van der Waals surface area contributed by atoms with Gasteiger partial charge in [-0.1, -0.05) is 6.07 Å². The van der Waals surface area contributed by atoms with Crippen molar-refractivity contribution in [3.05, 3.63) is 59.4 Å². The molecule has 0 unspecified atom stereocenters. The van der Waals surface area contributed by atoms with Crippen LogP contribution in [-0.2, 0) is 11.3 Å². The minimum atomic E-state index is -0.352. The van der Waals surface area contributed by atoms with Crippen molar-refractivity contribution in [2.24, 2.45) is 0 Å². The number of fused-ring (bicyclic) bond motifs is 1. The van der Waals surface area contributed by atoms with Crippen LogP contribution < -0.4 is 5.32 Å². The van der Waals surface area contributed by atoms with Crippen LogP contribution in [0.2, 0.25) is 0 Å². The highest BCUT2D eigenvalue weighted by molar-refractivity contribution is 6.05. The number of halogens is 1. The van der Waals surface area contributed by atoms with E-state index in [2.05, 4.69) is 10.3 Å². The van der Waals surface area contributed by atoms with E-state index in [4.69, 9.17) is 4.74 Å². The first kappa shape index (κ1) is 14.0. The summed E-state index contributed by atoms with van der Waals surface area (Å²) in [5, 5.41) is 2.73. The lowest BCUT2D eigenvalue weighted by Crippen LogP contribution is -2.12. The van der Waals surface area contributed by atoms with E-state index in [0.29, 0.717) is 23.4 Å². The fraction of sp³-hybridized carbons (Fsp3) is 0.0714. The molecule has 0 fully saturated rings. The fourth-order valence-electron chi connectivity index (χ4n) is 1.90. The maximum Gasteiger partial charge on any atom is 0.338 e. The van der Waals surface area contributed by atoms with Crippen molar-refractivity contribution in [2.45, 2.75) is 6.61 Å². The minimum Gasteiger partial charge on any atom is -0.457 e. The Morgan fingerprint density at radius 1 is 1.20 bits per heavy atom. The molecule has 0 atom stereocenters. The van der Waals surface area contributed by atoms with Gasteiger partial charge in [0, 0.05) is 29.2 Å². The summed E-state index contributed by atoms with van der Waals surface area (Å²) in [6.07, 6.45) is 3.10. The number of cyclic esters (lactones) is 1. The van der Waals surface area contributed by atoms with E-state index < -0.39 is 0 Å². The van der Waals surface area contributed by atoms with Gasteiger partial charge in [-0.15, -0.1) is 12.4 Å². The van der Waals surface area contributed by atoms with Crippen molar-refractivity contribution >= 4 is 30.0 Å². The molecule has 0 aliphatic carbocycles. The van der Waals surface area contributed by atoms with E-state index in [1.807, 2.05) is 0 Å². The molecule has 1 aliphatic rings. The van der Waals surface area contributed by atoms with Gasteiger partial charge >= 0.3 is 5.97 Å². The Hall–Kier alpha value is -2.40. The monoisotopic (exact) mass is 290 g/mol. The zero-order chi connectivity index (χ0) is 13.2. The molecule has 1 N–H and O–H groups in total. The Bertz CT molecular complexity index is 659. The van der Waals surface area contributed by atoms with E-state index in [1.165, 1.54) is 0 Å². The molecule has 0 spiro atoms. The number of nitrogens with one attached hydrogen (secondary N) is 1. The SMILES string of the molecule is Cl.O=C(Nc1ccc2c(c1)C(=O)OC2)c1ccncc1. The number of aromatic nitrogens is 1. The zero-order valence-electron chi connectivity index (χ0n) is 10.3. The van der Waals surface area contributed by atoms with Gasteiger partial charge in [0.2, 0.25) is 0 Å². The second kappa shape index (κ2) is 5.71. The third kappa shape index (κ3) is 2.62. The highest BCUT2D eigenvalue weighted by Crippen LogP contribution is 2.23. The van der Waals surface area contributed by atoms with Crippen molar-refractivity contribution in [1.29, 1.82) is 0 Å². The van der Waals surface area contributed by atoms with E-state index in [1.54, 1.807) is 42.7 Å². The molecular weight excluding hydrogens is 280 g/mol. The maximum absolute atomic E-state index is 11.9. The van der Waals surface area contributed by atoms with Crippen LogP contribution in [0.5, 0.6) is 0 Å². The summed E-state index contributed by atoms with van der Waals surface area (Å²) < 4.78 is 4.91. The first-order valence-electron chi connectivity index (χ1n) is 5.75. The molecule has 1 aromatic carbocycles. The van der Waals surface area contributed by atoms with Gasteiger partial charge in [-0.2, -0.15) is 0 Å². The van der Waals surface area contributed by atoms with Crippen LogP contribution in [0.4, 0.5) is 5.69 Å². The predicted molar refractivity (Wildman–Crippen MR) is 75.0 cm³/mol. The average molecular weight is 291 g/mol. The molecule has 20 heavy (non-hydrogen) atoms. The van der Waals surface area contributed by atoms with Crippen LogP contribution in [0, 0.1) is 0 Å². The summed E-state index contributed by atoms with van der Waals surface area (Å²) in [6.45, 7) is 0.298. The van der Waals surface area contributed by atoms with E-state index >= 15 is 0 Å². The van der Waals surface area contributed by atoms with Gasteiger partial charge in [-0.25, -0.2) is 4.79 Å². The number of nitrogens with zero attached hydrogens (tertiary/aromatic N) is 1. The number of hydrogen-bond acceptors (Lipinski definition) is 4. The van der Waals surface area contributed by atoms with Crippen molar-refractivity contribution in [3.8, 4) is 0 Å². The van der Waals surface area contributed by atoms with Crippen LogP contribution in [-0.4, -0.2) is 16.9 Å². The molecule has 5 nitrogen and oxygen atoms in total. The molecular formula is C14H11ClN2O3. The summed E-state index contributed by atoms with van der Waals surface area (Å²) in [6, 6.07) is 8.40. The van der Waals surface area contributed by atoms with Crippen molar-refractivity contribution < 1.29 is 14.3 Å². The van der Waals surface area contributed by atoms with E-state index in [0.717, 1.165) is 5.56 Å². The number of carbonyl (C=O) groups is 2. The predicted octanol–water partition coefficient (Wildman–Crippen LogP) is 2.43. The molecule has 0 bridgehead atoms. The summed E-state index contributed by atoms with van der Waals surface area (Å²) in [4.78, 5) is 27.2. The van der Waals surface area contributed by atoms with Crippen LogP contribution in [0.15, 0.2) is 42.7 Å². The van der Waals surface area contributed by atoms with Gasteiger partial charge in [-0.3, -0.25) is 9.78 Å². The van der Waals surface area contributed by atoms with Gasteiger partial charge in [0.15, 0.2) is 0 Å². The summed E-state index contributed by atoms with van der Waals surface area (Å²) in [5.74, 6) is -0.594. The molecule has 2 aromatic rings. The standard InChI is InChI=1S/C14H10N2O3.ClH/c17-13(9-3-5-15-6-4-9)16-11-2-1-10-8-19-14(18)12(10)7-11;/h1-7H,8H2,(H,16,17);1H. The largest absolute Gasteiger partial charge is 0.457 e. The van der Waals surface area contributed by atoms with Crippen LogP contribution in [0.25, 0.3) is 0 Å². The smallest absolute Gasteiger partial charge is 0.338 e. The minimum absolute atomic E-state index is 0. The normalized spacial score (nSPS) is 12.1. The fourth-order valence-corrected chi connectivity index (χ4v) is 1.90. The molecule has 2 heterocycles. The third-order valence-corrected chi connectivity index (χ3v) is 2.89. The summed E-state index contributed by atoms with van der Waals surface area (Å²) in [7, 11) is 0. The topological polar surface area (TPSA) is 68.3 Å². The van der Waals surface area contributed by atoms with Crippen LogP contribution in [0.1, 0.15) is 26.3 Å². The number of esters is 1. The lowest BCUT2D eigenvalue weighted by molar-refractivity contribution is 0.0535. The van der Waals surface area contributed by atoms with E-state index in [9.17, 15) is 9.59 Å². The summed E-state index contributed by atoms with van der Waals surface area (Å²) >= 11 is 0. The molecule has 1 aliphatic heterocycles. The number of carbonyl (C=O) groups excluding carboxylic acids is 2. The molecule has 0 saturated carbocycles. The van der Waals surface area contributed by atoms with Crippen LogP contribution in [0.3, 0.4) is 0 Å². The van der Waals surface area contributed by atoms with Crippen molar-refractivity contribution in [1.82, 2.24) is 4.98 Å². The zero-order valence-corrected chi connectivity index (χ0v) is 11.1. The van der Waals surface area contributed by atoms with Crippen molar-refractivity contribution in [3.63, 3.8) is 0 Å². The molecule has 1 aromatic heterocycles. The molecule has 1 amide bonds. The third-order valence-electron chi connectivity index (χ3n) is 2.89. The number of rotatable bonds is 2. The van der Waals surface area contributed by atoms with Gasteiger partial charge < -0.3 is 10.1 Å². The molecule has 3 rings (SSSR count). The Morgan fingerprint density at radius 3 is 2.70 bits per heavy atom. The quantitative estimate of drug-likeness (QED) is 0.863. The summed E-state index contributed by atoms with van der Waals surface area (Å²) in [5.41, 5.74) is 2.43. The lowest BCUT2D eigenvalue weighted by Gasteiger charge is -2.05. The Kier molecular flexibility index (Phi) is 4.00. The van der Waals surface area contributed by atoms with E-state index in [-0.39, 0.29) is 24.3 Å². The van der Waals surface area contributed by atoms with Gasteiger partial charge in [0.05, 0.1) is 5.56 Å². The first-order chi connectivity index (χ1) is 9.24. The second-order valence-corrected chi connectivity index (χ2v) is 4.14. The lowest BCUT2D eigenvalue weighted by atomic mass is 10.1.